The Hall–Kier alpha value is -1.98. The molecule has 0 fully saturated rings. The van der Waals surface area contributed by atoms with Gasteiger partial charge in [0.05, 0.1) is 23.2 Å². The molecule has 0 unspecified atom stereocenters. The van der Waals surface area contributed by atoms with Crippen molar-refractivity contribution in [3.63, 3.8) is 0 Å². The van der Waals surface area contributed by atoms with Gasteiger partial charge in [-0.15, -0.1) is 0 Å². The predicted molar refractivity (Wildman–Crippen MR) is 89.1 cm³/mol. The molecule has 0 amide bonds. The van der Waals surface area contributed by atoms with Gasteiger partial charge < -0.3 is 0 Å². The number of aliphatic imine (C=N–C) groups is 1. The molecule has 0 bridgehead atoms. The van der Waals surface area contributed by atoms with E-state index in [1.54, 1.807) is 36.4 Å². The van der Waals surface area contributed by atoms with Crippen LogP contribution in [-0.2, 0) is 0 Å². The molecule has 0 saturated heterocycles. The minimum absolute atomic E-state index is 0.132. The number of rotatable bonds is 3. The Labute approximate surface area is 134 Å². The summed E-state index contributed by atoms with van der Waals surface area (Å²) >= 11 is 9.14. The van der Waals surface area contributed by atoms with Gasteiger partial charge in [0, 0.05) is 9.50 Å². The van der Waals surface area contributed by atoms with Gasteiger partial charge in [0.15, 0.2) is 0 Å². The molecule has 1 aliphatic rings. The highest BCUT2D eigenvalue weighted by Gasteiger charge is 2.23. The second-order valence-electron chi connectivity index (χ2n) is 4.36. The van der Waals surface area contributed by atoms with Crippen LogP contribution in [0.25, 0.3) is 0 Å². The van der Waals surface area contributed by atoms with E-state index in [9.17, 15) is 4.79 Å². The molecule has 1 N–H and O–H groups in total. The van der Waals surface area contributed by atoms with Crippen LogP contribution < -0.4 is 5.43 Å². The van der Waals surface area contributed by atoms with Crippen LogP contribution in [-0.4, -0.2) is 17.7 Å². The number of hydrogen-bond donors (Lipinski definition) is 1. The van der Waals surface area contributed by atoms with Crippen molar-refractivity contribution in [2.45, 2.75) is 0 Å². The van der Waals surface area contributed by atoms with Crippen molar-refractivity contribution < 1.29 is 4.79 Å². The number of anilines is 1. The number of carbonyl (C=O) groups is 1. The van der Waals surface area contributed by atoms with E-state index in [2.05, 4.69) is 31.4 Å². The summed E-state index contributed by atoms with van der Waals surface area (Å²) in [7, 11) is 0. The van der Waals surface area contributed by atoms with Gasteiger partial charge in [-0.3, -0.25) is 10.2 Å². The Morgan fingerprint density at radius 3 is 2.71 bits per heavy atom. The number of fused-ring (bicyclic) bond motifs is 1. The minimum atomic E-state index is -0.132. The van der Waals surface area contributed by atoms with Gasteiger partial charge in [-0.25, -0.2) is 4.99 Å². The predicted octanol–water partition coefficient (Wildman–Crippen LogP) is 4.47. The van der Waals surface area contributed by atoms with E-state index in [0.29, 0.717) is 22.0 Å². The molecule has 0 saturated carbocycles. The Morgan fingerprint density at radius 1 is 1.19 bits per heavy atom. The van der Waals surface area contributed by atoms with Crippen molar-refractivity contribution in [3.05, 3.63) is 57.5 Å². The number of nitrogens with zero attached hydrogens (tertiary/aromatic N) is 2. The number of halogens is 2. The molecule has 0 atom stereocenters. The maximum atomic E-state index is 12.1. The lowest BCUT2D eigenvalue weighted by molar-refractivity contribution is 0.107. The molecule has 4 nitrogen and oxygen atoms in total. The Bertz CT molecular complexity index is 769. The van der Waals surface area contributed by atoms with Crippen LogP contribution in [0, 0.1) is 0 Å². The average molecular weight is 363 g/mol. The Kier molecular flexibility index (Phi) is 3.86. The summed E-state index contributed by atoms with van der Waals surface area (Å²) in [6.45, 7) is 0. The molecule has 1 heterocycles. The molecule has 2 aromatic carbocycles. The zero-order chi connectivity index (χ0) is 14.8. The van der Waals surface area contributed by atoms with Gasteiger partial charge in [0.2, 0.25) is 5.78 Å². The van der Waals surface area contributed by atoms with E-state index in [1.165, 1.54) is 6.21 Å². The van der Waals surface area contributed by atoms with Crippen molar-refractivity contribution in [3.8, 4) is 0 Å². The van der Waals surface area contributed by atoms with Crippen molar-refractivity contribution in [2.75, 3.05) is 5.43 Å². The van der Waals surface area contributed by atoms with Crippen molar-refractivity contribution in [2.24, 2.45) is 10.1 Å². The highest BCUT2D eigenvalue weighted by molar-refractivity contribution is 9.10. The van der Waals surface area contributed by atoms with Crippen molar-refractivity contribution in [1.82, 2.24) is 0 Å². The molecule has 21 heavy (non-hydrogen) atoms. The first-order valence-electron chi connectivity index (χ1n) is 6.11. The lowest BCUT2D eigenvalue weighted by Crippen LogP contribution is -2.11. The molecule has 0 aromatic heterocycles. The average Bonchev–Trinajstić information content (AvgIpc) is 2.78. The van der Waals surface area contributed by atoms with Crippen LogP contribution in [0.2, 0.25) is 5.02 Å². The van der Waals surface area contributed by atoms with Gasteiger partial charge >= 0.3 is 0 Å². The number of hydrogen-bond acceptors (Lipinski definition) is 4. The highest BCUT2D eigenvalue weighted by Crippen LogP contribution is 2.29. The van der Waals surface area contributed by atoms with E-state index in [4.69, 9.17) is 11.6 Å². The fraction of sp³-hybridized carbons (Fsp3) is 0. The zero-order valence-electron chi connectivity index (χ0n) is 10.7. The first kappa shape index (κ1) is 14.0. The quantitative estimate of drug-likeness (QED) is 0.647. The normalized spacial score (nSPS) is 13.4. The van der Waals surface area contributed by atoms with E-state index >= 15 is 0 Å². The SMILES string of the molecule is O=C1C(C=NNc2ccc(Cl)cc2)=Nc2ccc(Br)cc21. The maximum Gasteiger partial charge on any atom is 0.215 e. The number of hydrazone groups is 1. The topological polar surface area (TPSA) is 53.8 Å². The lowest BCUT2D eigenvalue weighted by Gasteiger charge is -1.99. The third kappa shape index (κ3) is 3.04. The van der Waals surface area contributed by atoms with Crippen LogP contribution >= 0.6 is 27.5 Å². The molecule has 0 spiro atoms. The van der Waals surface area contributed by atoms with Crippen LogP contribution in [0.5, 0.6) is 0 Å². The number of benzene rings is 2. The van der Waals surface area contributed by atoms with Gasteiger partial charge in [-0.1, -0.05) is 27.5 Å². The summed E-state index contributed by atoms with van der Waals surface area (Å²) in [4.78, 5) is 16.4. The molecule has 0 radical (unpaired) electrons. The van der Waals surface area contributed by atoms with Crippen LogP contribution in [0.3, 0.4) is 0 Å². The summed E-state index contributed by atoms with van der Waals surface area (Å²) in [6.07, 6.45) is 1.42. The second kappa shape index (κ2) is 5.79. The third-order valence-corrected chi connectivity index (χ3v) is 3.65. The molecule has 3 rings (SSSR count). The monoisotopic (exact) mass is 361 g/mol. The van der Waals surface area contributed by atoms with Crippen LogP contribution in [0.15, 0.2) is 57.0 Å². The van der Waals surface area contributed by atoms with E-state index in [-0.39, 0.29) is 5.78 Å². The number of carbonyl (C=O) groups excluding carboxylic acids is 1. The fourth-order valence-corrected chi connectivity index (χ4v) is 2.37. The minimum Gasteiger partial charge on any atom is -0.287 e. The first-order chi connectivity index (χ1) is 10.1. The van der Waals surface area contributed by atoms with Crippen molar-refractivity contribution in [1.29, 1.82) is 0 Å². The standard InChI is InChI=1S/C15H9BrClN3O/c16-9-1-6-13-12(7-9)15(21)14(19-13)8-18-20-11-4-2-10(17)3-5-11/h1-8,20H. The maximum absolute atomic E-state index is 12.1. The zero-order valence-corrected chi connectivity index (χ0v) is 13.0. The smallest absolute Gasteiger partial charge is 0.215 e. The van der Waals surface area contributed by atoms with E-state index in [1.807, 2.05) is 6.07 Å². The van der Waals surface area contributed by atoms with E-state index in [0.717, 1.165) is 10.2 Å². The molecular formula is C15H9BrClN3O. The summed E-state index contributed by atoms with van der Waals surface area (Å²) in [5.41, 5.74) is 5.16. The van der Waals surface area contributed by atoms with Crippen molar-refractivity contribution >= 4 is 56.6 Å². The second-order valence-corrected chi connectivity index (χ2v) is 5.72. The lowest BCUT2D eigenvalue weighted by atomic mass is 10.1. The molecule has 0 aliphatic carbocycles. The number of Topliss-reactive ketones (excluding diaryl/α,β-unsaturated/α-hetero) is 1. The molecule has 2 aromatic rings. The van der Waals surface area contributed by atoms with Gasteiger partial charge in [0.25, 0.3) is 0 Å². The van der Waals surface area contributed by atoms with Crippen LogP contribution in [0.1, 0.15) is 10.4 Å². The number of nitrogens with one attached hydrogen (secondary N) is 1. The summed E-state index contributed by atoms with van der Waals surface area (Å²) in [5.74, 6) is -0.132. The molecule has 6 heteroatoms. The van der Waals surface area contributed by atoms with Gasteiger partial charge in [0.1, 0.15) is 5.71 Å². The van der Waals surface area contributed by atoms with Crippen LogP contribution in [0.4, 0.5) is 11.4 Å². The summed E-state index contributed by atoms with van der Waals surface area (Å²) in [5, 5.41) is 4.68. The number of ketones is 1. The third-order valence-electron chi connectivity index (χ3n) is 2.90. The molecule has 104 valence electrons. The Balaban J connectivity index is 1.73. The van der Waals surface area contributed by atoms with Gasteiger partial charge in [-0.2, -0.15) is 5.10 Å². The summed E-state index contributed by atoms with van der Waals surface area (Å²) in [6, 6.07) is 12.5. The largest absolute Gasteiger partial charge is 0.287 e. The highest BCUT2D eigenvalue weighted by atomic mass is 79.9. The molecular weight excluding hydrogens is 354 g/mol. The van der Waals surface area contributed by atoms with Gasteiger partial charge in [-0.05, 0) is 42.5 Å². The molecule has 1 aliphatic heterocycles. The Morgan fingerprint density at radius 2 is 1.95 bits per heavy atom. The first-order valence-corrected chi connectivity index (χ1v) is 7.28. The van der Waals surface area contributed by atoms with E-state index < -0.39 is 0 Å². The fourth-order valence-electron chi connectivity index (χ4n) is 1.89. The summed E-state index contributed by atoms with van der Waals surface area (Å²) < 4.78 is 0.849.